The lowest BCUT2D eigenvalue weighted by molar-refractivity contribution is 0.706. The summed E-state index contributed by atoms with van der Waals surface area (Å²) in [5.74, 6) is 0.842. The first kappa shape index (κ1) is 16.0. The number of nitrogens with one attached hydrogen (secondary N) is 2. The smallest absolute Gasteiger partial charge is 0.191 e. The molecule has 4 nitrogen and oxygen atoms in total. The van der Waals surface area contributed by atoms with Crippen molar-refractivity contribution < 1.29 is 0 Å². The maximum absolute atomic E-state index is 4.45. The molecule has 0 aliphatic carbocycles. The van der Waals surface area contributed by atoms with Gasteiger partial charge in [-0.25, -0.2) is 0 Å². The summed E-state index contributed by atoms with van der Waals surface area (Å²) in [6.07, 6.45) is 5.90. The molecule has 1 heterocycles. The molecule has 96 valence electrons. The van der Waals surface area contributed by atoms with E-state index in [2.05, 4.69) is 33.7 Å². The highest BCUT2D eigenvalue weighted by molar-refractivity contribution is 14.0. The molecule has 0 bridgehead atoms. The third-order valence-corrected chi connectivity index (χ3v) is 2.05. The van der Waals surface area contributed by atoms with Gasteiger partial charge in [0, 0.05) is 32.0 Å². The van der Waals surface area contributed by atoms with E-state index in [4.69, 9.17) is 0 Å². The second kappa shape index (κ2) is 10.2. The summed E-state index contributed by atoms with van der Waals surface area (Å²) in [7, 11) is 0. The quantitative estimate of drug-likeness (QED) is 0.357. The van der Waals surface area contributed by atoms with Gasteiger partial charge >= 0.3 is 0 Å². The van der Waals surface area contributed by atoms with Gasteiger partial charge in [-0.1, -0.05) is 6.08 Å². The van der Waals surface area contributed by atoms with Crippen LogP contribution in [0.4, 0.5) is 0 Å². The van der Waals surface area contributed by atoms with Gasteiger partial charge in [0.15, 0.2) is 5.96 Å². The Balaban J connectivity index is 0.00000256. The molecule has 0 unspecified atom stereocenters. The molecule has 0 saturated carbocycles. The van der Waals surface area contributed by atoms with E-state index in [0.717, 1.165) is 32.1 Å². The van der Waals surface area contributed by atoms with Crippen LogP contribution in [0.2, 0.25) is 0 Å². The van der Waals surface area contributed by atoms with Gasteiger partial charge in [0.2, 0.25) is 0 Å². The van der Waals surface area contributed by atoms with Crippen LogP contribution in [-0.4, -0.2) is 30.2 Å². The molecule has 0 atom stereocenters. The zero-order chi connectivity index (χ0) is 11.6. The Kier molecular flexibility index (Phi) is 9.60. The maximum Gasteiger partial charge on any atom is 0.191 e. The highest BCUT2D eigenvalue weighted by Crippen LogP contribution is 1.89. The predicted molar refractivity (Wildman–Crippen MR) is 84.0 cm³/mol. The molecular formula is C12H21IN4. The van der Waals surface area contributed by atoms with Crippen LogP contribution in [0.1, 0.15) is 6.92 Å². The summed E-state index contributed by atoms with van der Waals surface area (Å²) < 4.78 is 2.11. The summed E-state index contributed by atoms with van der Waals surface area (Å²) in [6, 6.07) is 4.04. The van der Waals surface area contributed by atoms with Crippen LogP contribution in [0, 0.1) is 0 Å². The van der Waals surface area contributed by atoms with Crippen molar-refractivity contribution >= 4 is 29.9 Å². The Labute approximate surface area is 120 Å². The standard InChI is InChI=1S/C12H20N4.HI/c1-3-7-14-12(13-4-2)15-8-11-16-9-5-6-10-16;/h3,5-6,9-10H,1,4,7-8,11H2,2H3,(H2,13,14,15);1H. The summed E-state index contributed by atoms with van der Waals surface area (Å²) in [4.78, 5) is 4.45. The largest absolute Gasteiger partial charge is 0.357 e. The second-order valence-electron chi connectivity index (χ2n) is 3.35. The number of hydrogen-bond acceptors (Lipinski definition) is 1. The summed E-state index contributed by atoms with van der Waals surface area (Å²) in [5, 5.41) is 6.34. The summed E-state index contributed by atoms with van der Waals surface area (Å²) >= 11 is 0. The molecule has 0 saturated heterocycles. The molecule has 0 amide bonds. The Hall–Kier alpha value is -0.980. The lowest BCUT2D eigenvalue weighted by atomic mass is 10.6. The molecule has 1 aromatic heterocycles. The van der Waals surface area contributed by atoms with Crippen LogP contribution < -0.4 is 10.6 Å². The third kappa shape index (κ3) is 7.04. The normalized spacial score (nSPS) is 10.5. The number of aromatic nitrogens is 1. The molecule has 2 N–H and O–H groups in total. The first-order valence-electron chi connectivity index (χ1n) is 5.60. The molecule has 0 radical (unpaired) electrons. The van der Waals surface area contributed by atoms with E-state index in [9.17, 15) is 0 Å². The first-order valence-corrected chi connectivity index (χ1v) is 5.60. The summed E-state index contributed by atoms with van der Waals surface area (Å²) in [5.41, 5.74) is 0. The van der Waals surface area contributed by atoms with Gasteiger partial charge in [-0.05, 0) is 19.1 Å². The van der Waals surface area contributed by atoms with E-state index in [1.165, 1.54) is 0 Å². The van der Waals surface area contributed by atoms with Crippen LogP contribution in [0.5, 0.6) is 0 Å². The van der Waals surface area contributed by atoms with Crippen molar-refractivity contribution in [1.29, 1.82) is 0 Å². The lowest BCUT2D eigenvalue weighted by Gasteiger charge is -2.09. The average molecular weight is 348 g/mol. The van der Waals surface area contributed by atoms with E-state index in [-0.39, 0.29) is 24.0 Å². The van der Waals surface area contributed by atoms with E-state index < -0.39 is 0 Å². The van der Waals surface area contributed by atoms with Crippen molar-refractivity contribution in [3.63, 3.8) is 0 Å². The van der Waals surface area contributed by atoms with Crippen molar-refractivity contribution in [1.82, 2.24) is 15.2 Å². The Morgan fingerprint density at radius 1 is 1.35 bits per heavy atom. The van der Waals surface area contributed by atoms with Gasteiger partial charge in [-0.2, -0.15) is 0 Å². The summed E-state index contributed by atoms with van der Waals surface area (Å²) in [6.45, 7) is 8.98. The number of aliphatic imine (C=N–C) groups is 1. The van der Waals surface area contributed by atoms with Crippen molar-refractivity contribution in [3.05, 3.63) is 37.2 Å². The van der Waals surface area contributed by atoms with E-state index in [1.807, 2.05) is 30.6 Å². The van der Waals surface area contributed by atoms with Gasteiger partial charge < -0.3 is 15.2 Å². The Morgan fingerprint density at radius 2 is 2.06 bits per heavy atom. The highest BCUT2D eigenvalue weighted by Gasteiger charge is 1.94. The molecule has 17 heavy (non-hydrogen) atoms. The van der Waals surface area contributed by atoms with E-state index >= 15 is 0 Å². The third-order valence-electron chi connectivity index (χ3n) is 2.05. The van der Waals surface area contributed by atoms with Gasteiger partial charge in [0.25, 0.3) is 0 Å². The van der Waals surface area contributed by atoms with Gasteiger partial charge in [-0.3, -0.25) is 4.99 Å². The van der Waals surface area contributed by atoms with E-state index in [1.54, 1.807) is 0 Å². The first-order chi connectivity index (χ1) is 7.86. The average Bonchev–Trinajstić information content (AvgIpc) is 2.79. The fraction of sp³-hybridized carbons (Fsp3) is 0.417. The minimum Gasteiger partial charge on any atom is -0.357 e. The molecule has 0 spiro atoms. The fourth-order valence-corrected chi connectivity index (χ4v) is 1.31. The van der Waals surface area contributed by atoms with Gasteiger partial charge in [0.05, 0.1) is 6.54 Å². The SMILES string of the molecule is C=CCNC(=NCCn1cccc1)NCC.I. The lowest BCUT2D eigenvalue weighted by Crippen LogP contribution is -2.37. The van der Waals surface area contributed by atoms with Gasteiger partial charge in [-0.15, -0.1) is 30.6 Å². The monoisotopic (exact) mass is 348 g/mol. The number of guanidine groups is 1. The molecule has 1 aromatic rings. The molecule has 5 heteroatoms. The molecule has 1 rings (SSSR count). The maximum atomic E-state index is 4.45. The molecule has 0 aliphatic rings. The van der Waals surface area contributed by atoms with Crippen LogP contribution in [0.3, 0.4) is 0 Å². The van der Waals surface area contributed by atoms with Crippen molar-refractivity contribution in [2.75, 3.05) is 19.6 Å². The fourth-order valence-electron chi connectivity index (χ4n) is 1.31. The Morgan fingerprint density at radius 3 is 2.65 bits per heavy atom. The van der Waals surface area contributed by atoms with Crippen LogP contribution in [0.15, 0.2) is 42.2 Å². The second-order valence-corrected chi connectivity index (χ2v) is 3.35. The predicted octanol–water partition coefficient (Wildman–Crippen LogP) is 1.85. The minimum absolute atomic E-state index is 0. The van der Waals surface area contributed by atoms with E-state index in [0.29, 0.717) is 0 Å². The minimum atomic E-state index is 0. The molecular weight excluding hydrogens is 327 g/mol. The Bertz CT molecular complexity index is 319. The molecule has 0 aliphatic heterocycles. The zero-order valence-corrected chi connectivity index (χ0v) is 12.6. The van der Waals surface area contributed by atoms with Crippen LogP contribution >= 0.6 is 24.0 Å². The van der Waals surface area contributed by atoms with Crippen molar-refractivity contribution in [3.8, 4) is 0 Å². The molecule has 0 aromatic carbocycles. The number of hydrogen-bond donors (Lipinski definition) is 2. The number of rotatable bonds is 6. The number of halogens is 1. The molecule has 0 fully saturated rings. The topological polar surface area (TPSA) is 41.4 Å². The highest BCUT2D eigenvalue weighted by atomic mass is 127. The number of nitrogens with zero attached hydrogens (tertiary/aromatic N) is 2. The van der Waals surface area contributed by atoms with Crippen LogP contribution in [-0.2, 0) is 6.54 Å². The van der Waals surface area contributed by atoms with Crippen molar-refractivity contribution in [2.24, 2.45) is 4.99 Å². The van der Waals surface area contributed by atoms with Crippen molar-refractivity contribution in [2.45, 2.75) is 13.5 Å². The van der Waals surface area contributed by atoms with Crippen LogP contribution in [0.25, 0.3) is 0 Å². The van der Waals surface area contributed by atoms with Gasteiger partial charge in [0.1, 0.15) is 0 Å². The zero-order valence-electron chi connectivity index (χ0n) is 10.2.